The summed E-state index contributed by atoms with van der Waals surface area (Å²) in [6.07, 6.45) is 20.9. The zero-order valence-corrected chi connectivity index (χ0v) is 24.8. The maximum absolute atomic E-state index is 3.53. The highest BCUT2D eigenvalue weighted by atomic mass is 79.9. The molecule has 0 heterocycles. The second-order valence-corrected chi connectivity index (χ2v) is 14.6. The van der Waals surface area contributed by atoms with Crippen LogP contribution >= 0.6 is 23.2 Å². The van der Waals surface area contributed by atoms with Crippen LogP contribution in [0.5, 0.6) is 0 Å². The molecule has 3 aromatic carbocycles. The molecule has 3 aromatic rings. The Morgan fingerprint density at radius 1 is 0.361 bits per heavy atom. The normalized spacial score (nSPS) is 11.6. The fourth-order valence-electron chi connectivity index (χ4n) is 5.45. The Kier molecular flexibility index (Phi) is 14.5. The third kappa shape index (κ3) is 9.46. The van der Waals surface area contributed by atoms with Crippen molar-refractivity contribution in [3.63, 3.8) is 0 Å². The lowest BCUT2D eigenvalue weighted by atomic mass is 10.0. The van der Waals surface area contributed by atoms with Gasteiger partial charge >= 0.3 is 0 Å². The number of alkyl halides is 1. The predicted octanol–water partition coefficient (Wildman–Crippen LogP) is 9.84. The molecule has 0 aromatic heterocycles. The lowest BCUT2D eigenvalue weighted by molar-refractivity contribution is 0.539. The van der Waals surface area contributed by atoms with Crippen LogP contribution < -0.4 is 15.9 Å². The lowest BCUT2D eigenvalue weighted by Gasteiger charge is -2.27. The fourth-order valence-corrected chi connectivity index (χ4v) is 10.3. The lowest BCUT2D eigenvalue weighted by Crippen LogP contribution is -2.33. The van der Waals surface area contributed by atoms with Gasteiger partial charge in [0.1, 0.15) is 23.2 Å². The van der Waals surface area contributed by atoms with Crippen LogP contribution in [0, 0.1) is 0 Å². The minimum absolute atomic E-state index is 1.17. The van der Waals surface area contributed by atoms with Gasteiger partial charge in [-0.25, -0.2) is 0 Å². The van der Waals surface area contributed by atoms with Crippen molar-refractivity contribution < 1.29 is 0 Å². The van der Waals surface area contributed by atoms with Crippen molar-refractivity contribution in [3.05, 3.63) is 91.0 Å². The molecule has 0 amide bonds. The quantitative estimate of drug-likeness (QED) is 0.0770. The third-order valence-corrected chi connectivity index (χ3v) is 12.6. The second-order valence-electron chi connectivity index (χ2n) is 10.2. The first-order valence-corrected chi connectivity index (χ1v) is 17.6. The molecule has 0 atom stereocenters. The number of benzene rings is 3. The van der Waals surface area contributed by atoms with Gasteiger partial charge in [0.15, 0.2) is 0 Å². The van der Waals surface area contributed by atoms with Gasteiger partial charge in [-0.1, -0.05) is 141 Å². The van der Waals surface area contributed by atoms with Crippen molar-refractivity contribution >= 4 is 39.1 Å². The third-order valence-electron chi connectivity index (χ3n) is 7.47. The first-order valence-electron chi connectivity index (χ1n) is 14.5. The summed E-state index contributed by atoms with van der Waals surface area (Å²) in [7, 11) is -1.64. The van der Waals surface area contributed by atoms with Gasteiger partial charge in [-0.2, -0.15) is 0 Å². The summed E-state index contributed by atoms with van der Waals surface area (Å²) in [5, 5.41) is 5.73. The Labute approximate surface area is 230 Å². The Morgan fingerprint density at radius 3 is 0.944 bits per heavy atom. The molecule has 36 heavy (non-hydrogen) atoms. The molecule has 0 saturated carbocycles. The van der Waals surface area contributed by atoms with E-state index in [1.807, 2.05) is 0 Å². The topological polar surface area (TPSA) is 0 Å². The molecular weight excluding hydrogens is 519 g/mol. The molecule has 0 aliphatic heterocycles. The van der Waals surface area contributed by atoms with Crippen LogP contribution in [0.15, 0.2) is 91.0 Å². The predicted molar refractivity (Wildman–Crippen MR) is 168 cm³/mol. The minimum Gasteiger partial charge on any atom is -0.0928 e. The number of hydrogen-bond donors (Lipinski definition) is 0. The van der Waals surface area contributed by atoms with E-state index < -0.39 is 7.26 Å². The van der Waals surface area contributed by atoms with E-state index in [4.69, 9.17) is 0 Å². The van der Waals surface area contributed by atoms with Gasteiger partial charge in [-0.05, 0) is 55.7 Å². The number of rotatable bonds is 19. The monoisotopic (exact) mass is 565 g/mol. The summed E-state index contributed by atoms with van der Waals surface area (Å²) >= 11 is 3.53. The minimum atomic E-state index is -1.64. The second kappa shape index (κ2) is 17.9. The van der Waals surface area contributed by atoms with E-state index in [0.29, 0.717) is 0 Å². The van der Waals surface area contributed by atoms with Crippen LogP contribution in [0.3, 0.4) is 0 Å². The zero-order valence-electron chi connectivity index (χ0n) is 22.3. The standard InChI is InChI=1S/C34H47BrP/c35-30-22-11-9-7-5-3-1-2-4-6-8-10-12-23-31-36(32-24-16-13-17-25-32,33-26-18-14-19-27-33)34-28-20-15-21-29-34/h13-21,24-29H,1-12,22-23,30-31H2/q+1. The summed E-state index contributed by atoms with van der Waals surface area (Å²) in [4.78, 5) is 0. The van der Waals surface area contributed by atoms with E-state index >= 15 is 0 Å². The number of halogens is 1. The first kappa shape index (κ1) is 29.1. The van der Waals surface area contributed by atoms with Crippen molar-refractivity contribution in [1.29, 1.82) is 0 Å². The highest BCUT2D eigenvalue weighted by Crippen LogP contribution is 2.56. The largest absolute Gasteiger partial charge is 0.112 e. The number of unbranched alkanes of at least 4 members (excludes halogenated alkanes) is 13. The molecule has 0 N–H and O–H groups in total. The van der Waals surface area contributed by atoms with Gasteiger partial charge in [0.05, 0.1) is 6.16 Å². The first-order chi connectivity index (χ1) is 17.9. The van der Waals surface area contributed by atoms with Crippen LogP contribution in [-0.4, -0.2) is 11.5 Å². The van der Waals surface area contributed by atoms with E-state index in [1.165, 1.54) is 117 Å². The van der Waals surface area contributed by atoms with E-state index in [1.54, 1.807) is 0 Å². The Bertz CT molecular complexity index is 813. The Balaban J connectivity index is 1.45. The maximum atomic E-state index is 3.53. The van der Waals surface area contributed by atoms with E-state index in [0.717, 1.165) is 0 Å². The Hall–Kier alpha value is -1.43. The molecule has 194 valence electrons. The molecule has 0 fully saturated rings. The van der Waals surface area contributed by atoms with Gasteiger partial charge in [-0.3, -0.25) is 0 Å². The molecule has 0 aliphatic rings. The molecule has 0 bridgehead atoms. The molecule has 0 radical (unpaired) electrons. The average Bonchev–Trinajstić information content (AvgIpc) is 2.94. The van der Waals surface area contributed by atoms with E-state index in [9.17, 15) is 0 Å². The highest BCUT2D eigenvalue weighted by Gasteiger charge is 2.44. The summed E-state index contributed by atoms with van der Waals surface area (Å²) < 4.78 is 0. The molecule has 0 spiro atoms. The van der Waals surface area contributed by atoms with Crippen molar-refractivity contribution in [2.75, 3.05) is 11.5 Å². The average molecular weight is 567 g/mol. The molecule has 0 nitrogen and oxygen atoms in total. The smallest absolute Gasteiger partial charge is 0.0928 e. The highest BCUT2D eigenvalue weighted by molar-refractivity contribution is 9.09. The van der Waals surface area contributed by atoms with Crippen LogP contribution in [-0.2, 0) is 0 Å². The zero-order chi connectivity index (χ0) is 25.2. The van der Waals surface area contributed by atoms with Crippen molar-refractivity contribution in [2.24, 2.45) is 0 Å². The molecule has 3 rings (SSSR count). The molecule has 0 saturated heterocycles. The van der Waals surface area contributed by atoms with Crippen LogP contribution in [0.25, 0.3) is 0 Å². The molecular formula is C34H47BrP+. The summed E-state index contributed by atoms with van der Waals surface area (Å²) in [6.45, 7) is 0. The van der Waals surface area contributed by atoms with E-state index in [2.05, 4.69) is 107 Å². The van der Waals surface area contributed by atoms with Gasteiger partial charge in [0.25, 0.3) is 0 Å². The van der Waals surface area contributed by atoms with Gasteiger partial charge in [0.2, 0.25) is 0 Å². The van der Waals surface area contributed by atoms with Crippen molar-refractivity contribution in [1.82, 2.24) is 0 Å². The van der Waals surface area contributed by atoms with Gasteiger partial charge in [-0.15, -0.1) is 0 Å². The summed E-state index contributed by atoms with van der Waals surface area (Å²) in [5.41, 5.74) is 0. The van der Waals surface area contributed by atoms with Crippen molar-refractivity contribution in [3.8, 4) is 0 Å². The number of hydrogen-bond acceptors (Lipinski definition) is 0. The van der Waals surface area contributed by atoms with Crippen LogP contribution in [0.2, 0.25) is 0 Å². The van der Waals surface area contributed by atoms with Gasteiger partial charge < -0.3 is 0 Å². The fraction of sp³-hybridized carbons (Fsp3) is 0.471. The maximum Gasteiger partial charge on any atom is 0.112 e. The van der Waals surface area contributed by atoms with Crippen molar-refractivity contribution in [2.45, 2.75) is 89.9 Å². The Morgan fingerprint density at radius 2 is 0.639 bits per heavy atom. The molecule has 0 aliphatic carbocycles. The SMILES string of the molecule is BrCCCCCCCCCCCCCCCC[P+](c1ccccc1)(c1ccccc1)c1ccccc1. The van der Waals surface area contributed by atoms with Crippen LogP contribution in [0.1, 0.15) is 89.9 Å². The van der Waals surface area contributed by atoms with Gasteiger partial charge in [0, 0.05) is 5.33 Å². The van der Waals surface area contributed by atoms with Crippen LogP contribution in [0.4, 0.5) is 0 Å². The van der Waals surface area contributed by atoms with E-state index in [-0.39, 0.29) is 0 Å². The molecule has 0 unspecified atom stereocenters. The summed E-state index contributed by atoms with van der Waals surface area (Å²) in [5.74, 6) is 0. The summed E-state index contributed by atoms with van der Waals surface area (Å²) in [6, 6.07) is 34.0. The molecule has 2 heteroatoms.